The second-order valence-corrected chi connectivity index (χ2v) is 7.05. The second-order valence-electron chi connectivity index (χ2n) is 7.05. The zero-order valence-electron chi connectivity index (χ0n) is 15.3. The maximum Gasteiger partial charge on any atom is 0.229 e. The minimum atomic E-state index is -0.536. The van der Waals surface area contributed by atoms with Crippen LogP contribution < -0.4 is 0 Å². The van der Waals surface area contributed by atoms with Crippen LogP contribution in [0.1, 0.15) is 24.7 Å². The molecule has 2 N–H and O–H groups in total. The highest BCUT2D eigenvalue weighted by atomic mass is 16.3. The van der Waals surface area contributed by atoms with E-state index in [0.717, 1.165) is 29.0 Å². The van der Waals surface area contributed by atoms with Crippen LogP contribution in [-0.2, 0) is 11.2 Å². The molecule has 2 aromatic rings. The molecule has 136 valence electrons. The summed E-state index contributed by atoms with van der Waals surface area (Å²) in [4.78, 5) is 24.8. The van der Waals surface area contributed by atoms with Gasteiger partial charge < -0.3 is 19.9 Å². The number of piperidine rings is 1. The molecule has 0 spiro atoms. The number of H-pyrrole nitrogens is 1. The number of nitrogens with one attached hydrogen (secondary N) is 1. The number of aryl methyl sites for hydroxylation is 1. The number of aromatic amines is 1. The number of aromatic nitrogens is 2. The van der Waals surface area contributed by atoms with Crippen molar-refractivity contribution < 1.29 is 9.90 Å². The molecule has 1 aliphatic heterocycles. The van der Waals surface area contributed by atoms with E-state index in [-0.39, 0.29) is 11.8 Å². The van der Waals surface area contributed by atoms with E-state index in [1.165, 1.54) is 0 Å². The second kappa shape index (κ2) is 7.54. The molecule has 2 atom stereocenters. The van der Waals surface area contributed by atoms with Crippen molar-refractivity contribution in [2.24, 2.45) is 5.92 Å². The lowest BCUT2D eigenvalue weighted by Gasteiger charge is -2.35. The van der Waals surface area contributed by atoms with Crippen LogP contribution in [0.2, 0.25) is 0 Å². The molecule has 6 nitrogen and oxygen atoms in total. The number of amides is 1. The number of hydrogen-bond acceptors (Lipinski definition) is 4. The van der Waals surface area contributed by atoms with Crippen LogP contribution in [0.4, 0.5) is 0 Å². The Morgan fingerprint density at radius 2 is 2.28 bits per heavy atom. The quantitative estimate of drug-likeness (QED) is 0.864. The lowest BCUT2D eigenvalue weighted by Crippen LogP contribution is -2.50. The molecule has 1 aliphatic rings. The van der Waals surface area contributed by atoms with Crippen LogP contribution in [-0.4, -0.2) is 70.1 Å². The van der Waals surface area contributed by atoms with E-state index in [1.54, 1.807) is 0 Å². The molecule has 2 heterocycles. The molecule has 1 saturated heterocycles. The summed E-state index contributed by atoms with van der Waals surface area (Å²) < 4.78 is 0. The number of para-hydroxylation sites is 1. The number of likely N-dealkylation sites (tertiary alicyclic amines) is 1. The Kier molecular flexibility index (Phi) is 5.39. The fraction of sp³-hybridized carbons (Fsp3) is 0.579. The van der Waals surface area contributed by atoms with Gasteiger partial charge in [0, 0.05) is 32.6 Å². The zero-order valence-corrected chi connectivity index (χ0v) is 15.3. The van der Waals surface area contributed by atoms with Crippen molar-refractivity contribution in [1.29, 1.82) is 0 Å². The van der Waals surface area contributed by atoms with Gasteiger partial charge in [0.05, 0.1) is 23.1 Å². The summed E-state index contributed by atoms with van der Waals surface area (Å²) in [5, 5.41) is 10.2. The van der Waals surface area contributed by atoms with Gasteiger partial charge in [0.25, 0.3) is 0 Å². The van der Waals surface area contributed by atoms with Gasteiger partial charge in [-0.2, -0.15) is 0 Å². The van der Waals surface area contributed by atoms with Crippen LogP contribution in [0.15, 0.2) is 18.2 Å². The fourth-order valence-electron chi connectivity index (χ4n) is 3.59. The molecular formula is C19H28N4O2. The fourth-order valence-corrected chi connectivity index (χ4v) is 3.59. The molecule has 1 aromatic heterocycles. The summed E-state index contributed by atoms with van der Waals surface area (Å²) in [5.74, 6) is 0.627. The van der Waals surface area contributed by atoms with Crippen molar-refractivity contribution in [2.45, 2.75) is 32.8 Å². The van der Waals surface area contributed by atoms with Gasteiger partial charge in [0.1, 0.15) is 5.82 Å². The number of fused-ring (bicyclic) bond motifs is 1. The average Bonchev–Trinajstić information content (AvgIpc) is 3.02. The minimum Gasteiger partial charge on any atom is -0.392 e. The number of carbonyl (C=O) groups is 1. The van der Waals surface area contributed by atoms with Crippen molar-refractivity contribution >= 4 is 16.9 Å². The Morgan fingerprint density at radius 1 is 1.48 bits per heavy atom. The third kappa shape index (κ3) is 3.85. The monoisotopic (exact) mass is 344 g/mol. The topological polar surface area (TPSA) is 72.5 Å². The van der Waals surface area contributed by atoms with E-state index < -0.39 is 6.10 Å². The summed E-state index contributed by atoms with van der Waals surface area (Å²) >= 11 is 0. The molecule has 0 radical (unpaired) electrons. The third-order valence-corrected chi connectivity index (χ3v) is 5.17. The van der Waals surface area contributed by atoms with Gasteiger partial charge in [-0.1, -0.05) is 12.1 Å². The first-order valence-corrected chi connectivity index (χ1v) is 9.09. The van der Waals surface area contributed by atoms with E-state index in [9.17, 15) is 9.90 Å². The van der Waals surface area contributed by atoms with E-state index >= 15 is 0 Å². The number of rotatable bonds is 5. The van der Waals surface area contributed by atoms with Crippen LogP contribution in [0, 0.1) is 12.8 Å². The van der Waals surface area contributed by atoms with Crippen LogP contribution in [0.3, 0.4) is 0 Å². The molecule has 0 unspecified atom stereocenters. The summed E-state index contributed by atoms with van der Waals surface area (Å²) in [6.45, 7) is 6.76. The normalized spacial score (nSPS) is 21.6. The molecule has 1 aromatic carbocycles. The summed E-state index contributed by atoms with van der Waals surface area (Å²) in [6.07, 6.45) is 0.811. The molecular weight excluding hydrogens is 316 g/mol. The number of imidazole rings is 1. The van der Waals surface area contributed by atoms with Crippen LogP contribution >= 0.6 is 0 Å². The van der Waals surface area contributed by atoms with Crippen molar-refractivity contribution in [3.63, 3.8) is 0 Å². The lowest BCUT2D eigenvalue weighted by molar-refractivity contribution is -0.141. The standard InChI is InChI=1S/C19H28N4O2/c1-4-23(19(25)14-12-22(3)10-8-16(14)24)11-9-17-20-15-7-5-6-13(2)18(15)21-17/h5-7,14,16,24H,4,8-12H2,1-3H3,(H,20,21)/t14-,16+/m1/s1. The predicted molar refractivity (Wildman–Crippen MR) is 98.4 cm³/mol. The van der Waals surface area contributed by atoms with Crippen LogP contribution in [0.5, 0.6) is 0 Å². The van der Waals surface area contributed by atoms with E-state index in [2.05, 4.69) is 27.9 Å². The number of aliphatic hydroxyl groups is 1. The van der Waals surface area contributed by atoms with Crippen molar-refractivity contribution in [3.05, 3.63) is 29.6 Å². The van der Waals surface area contributed by atoms with Gasteiger partial charge in [0.2, 0.25) is 5.91 Å². The predicted octanol–water partition coefficient (Wildman–Crippen LogP) is 1.57. The summed E-state index contributed by atoms with van der Waals surface area (Å²) in [5.41, 5.74) is 3.18. The molecule has 0 aliphatic carbocycles. The Hall–Kier alpha value is -1.92. The lowest BCUT2D eigenvalue weighted by atomic mass is 9.93. The maximum absolute atomic E-state index is 12.8. The molecule has 0 bridgehead atoms. The number of aliphatic hydroxyl groups excluding tert-OH is 1. The van der Waals surface area contributed by atoms with Gasteiger partial charge in [0.15, 0.2) is 0 Å². The Bertz CT molecular complexity index is 742. The zero-order chi connectivity index (χ0) is 18.0. The van der Waals surface area contributed by atoms with Gasteiger partial charge >= 0.3 is 0 Å². The molecule has 1 amide bonds. The summed E-state index contributed by atoms with van der Waals surface area (Å²) in [6, 6.07) is 6.09. The van der Waals surface area contributed by atoms with E-state index in [0.29, 0.717) is 32.5 Å². The van der Waals surface area contributed by atoms with Crippen molar-refractivity contribution in [1.82, 2.24) is 19.8 Å². The van der Waals surface area contributed by atoms with Gasteiger partial charge in [-0.25, -0.2) is 4.98 Å². The maximum atomic E-state index is 12.8. The van der Waals surface area contributed by atoms with Gasteiger partial charge in [-0.3, -0.25) is 4.79 Å². The first kappa shape index (κ1) is 17.9. The van der Waals surface area contributed by atoms with E-state index in [1.807, 2.05) is 31.0 Å². The average molecular weight is 344 g/mol. The Labute approximate surface area is 148 Å². The highest BCUT2D eigenvalue weighted by molar-refractivity contribution is 5.80. The minimum absolute atomic E-state index is 0.0499. The first-order valence-electron chi connectivity index (χ1n) is 9.09. The molecule has 0 saturated carbocycles. The van der Waals surface area contributed by atoms with Crippen LogP contribution in [0.25, 0.3) is 11.0 Å². The number of nitrogens with zero attached hydrogens (tertiary/aromatic N) is 3. The van der Waals surface area contributed by atoms with E-state index in [4.69, 9.17) is 0 Å². The number of benzene rings is 1. The third-order valence-electron chi connectivity index (χ3n) is 5.17. The SMILES string of the molecule is CCN(CCc1nc2c(C)cccc2[nH]1)C(=O)[C@@H]1CN(C)CC[C@@H]1O. The number of likely N-dealkylation sites (N-methyl/N-ethyl adjacent to an activating group) is 1. The molecule has 3 rings (SSSR count). The van der Waals surface area contributed by atoms with Crippen molar-refractivity contribution in [2.75, 3.05) is 33.2 Å². The molecule has 25 heavy (non-hydrogen) atoms. The van der Waals surface area contributed by atoms with Gasteiger partial charge in [-0.05, 0) is 38.9 Å². The molecule has 6 heteroatoms. The smallest absolute Gasteiger partial charge is 0.229 e. The largest absolute Gasteiger partial charge is 0.392 e. The number of hydrogen-bond donors (Lipinski definition) is 2. The van der Waals surface area contributed by atoms with Crippen molar-refractivity contribution in [3.8, 4) is 0 Å². The number of carbonyl (C=O) groups excluding carboxylic acids is 1. The first-order chi connectivity index (χ1) is 12.0. The summed E-state index contributed by atoms with van der Waals surface area (Å²) in [7, 11) is 2.00. The molecule has 1 fully saturated rings. The highest BCUT2D eigenvalue weighted by Crippen LogP contribution is 2.19. The Balaban J connectivity index is 1.66. The highest BCUT2D eigenvalue weighted by Gasteiger charge is 2.34. The van der Waals surface area contributed by atoms with Gasteiger partial charge in [-0.15, -0.1) is 0 Å². The Morgan fingerprint density at radius 3 is 3.00 bits per heavy atom.